The van der Waals surface area contributed by atoms with Gasteiger partial charge in [-0.1, -0.05) is 39.7 Å². The summed E-state index contributed by atoms with van der Waals surface area (Å²) in [6.07, 6.45) is 0.180. The first-order valence-electron chi connectivity index (χ1n) is 5.71. The molecule has 1 atom stereocenters. The summed E-state index contributed by atoms with van der Waals surface area (Å²) in [5.41, 5.74) is 1.15. The van der Waals surface area contributed by atoms with Gasteiger partial charge < -0.3 is 4.74 Å². The van der Waals surface area contributed by atoms with Gasteiger partial charge in [0.05, 0.1) is 16.0 Å². The largest absolute Gasteiger partial charge is 0.491 e. The molecule has 0 radical (unpaired) electrons. The highest BCUT2D eigenvalue weighted by Crippen LogP contribution is 2.39. The van der Waals surface area contributed by atoms with Crippen molar-refractivity contribution in [2.75, 3.05) is 0 Å². The van der Waals surface area contributed by atoms with Gasteiger partial charge in [-0.2, -0.15) is 0 Å². The van der Waals surface area contributed by atoms with E-state index in [1.165, 1.54) is 0 Å². The van der Waals surface area contributed by atoms with E-state index in [0.29, 0.717) is 0 Å². The Morgan fingerprint density at radius 3 is 2.67 bits per heavy atom. The van der Waals surface area contributed by atoms with Crippen molar-refractivity contribution in [3.8, 4) is 5.75 Å². The second-order valence-electron chi connectivity index (χ2n) is 4.23. The van der Waals surface area contributed by atoms with Gasteiger partial charge in [-0.15, -0.1) is 11.3 Å². The quantitative estimate of drug-likeness (QED) is 0.648. The van der Waals surface area contributed by atoms with Crippen LogP contribution in [0.2, 0.25) is 5.02 Å². The molecule has 1 nitrogen and oxygen atoms in total. The first-order valence-corrected chi connectivity index (χ1v) is 7.89. The van der Waals surface area contributed by atoms with Gasteiger partial charge in [-0.3, -0.25) is 0 Å². The maximum Gasteiger partial charge on any atom is 0.120 e. The van der Waals surface area contributed by atoms with Gasteiger partial charge in [0, 0.05) is 4.88 Å². The minimum atomic E-state index is 0.112. The second-order valence-corrected chi connectivity index (χ2v) is 6.51. The lowest BCUT2D eigenvalue weighted by Gasteiger charge is -2.13. The molecule has 4 heteroatoms. The van der Waals surface area contributed by atoms with Crippen LogP contribution in [0.4, 0.5) is 0 Å². The number of ether oxygens (including phenoxy) is 1. The molecule has 2 rings (SSSR count). The lowest BCUT2D eigenvalue weighted by Crippen LogP contribution is -2.05. The molecule has 2 aromatic rings. The van der Waals surface area contributed by atoms with Crippen molar-refractivity contribution >= 4 is 38.9 Å². The van der Waals surface area contributed by atoms with Crippen molar-refractivity contribution in [3.05, 3.63) is 51.2 Å². The van der Waals surface area contributed by atoms with Crippen molar-refractivity contribution < 1.29 is 4.74 Å². The summed E-state index contributed by atoms with van der Waals surface area (Å²) >= 11 is 11.5. The Hall–Kier alpha value is -0.510. The maximum atomic E-state index is 6.16. The third kappa shape index (κ3) is 3.28. The SMILES string of the molecule is CC(C)Oc1cccc(C(Br)c2sccc2Cl)c1. The van der Waals surface area contributed by atoms with Crippen molar-refractivity contribution in [2.45, 2.75) is 24.8 Å². The number of benzene rings is 1. The van der Waals surface area contributed by atoms with E-state index in [4.69, 9.17) is 16.3 Å². The summed E-state index contributed by atoms with van der Waals surface area (Å²) in [5.74, 6) is 0.889. The highest BCUT2D eigenvalue weighted by molar-refractivity contribution is 9.09. The van der Waals surface area contributed by atoms with Gasteiger partial charge in [-0.05, 0) is 43.0 Å². The monoisotopic (exact) mass is 344 g/mol. The Kier molecular flexibility index (Phi) is 4.71. The smallest absolute Gasteiger partial charge is 0.120 e. The minimum Gasteiger partial charge on any atom is -0.491 e. The fourth-order valence-electron chi connectivity index (χ4n) is 1.66. The third-order valence-electron chi connectivity index (χ3n) is 2.40. The molecule has 1 aromatic heterocycles. The van der Waals surface area contributed by atoms with Gasteiger partial charge in [0.1, 0.15) is 5.75 Å². The summed E-state index contributed by atoms with van der Waals surface area (Å²) in [7, 11) is 0. The molecule has 0 bridgehead atoms. The van der Waals surface area contributed by atoms with E-state index in [0.717, 1.165) is 21.2 Å². The van der Waals surface area contributed by atoms with Crippen molar-refractivity contribution in [1.82, 2.24) is 0 Å². The molecule has 1 aromatic carbocycles. The molecule has 0 amide bonds. The van der Waals surface area contributed by atoms with Crippen LogP contribution in [-0.2, 0) is 0 Å². The average Bonchev–Trinajstić information content (AvgIpc) is 2.74. The molecule has 0 aliphatic rings. The van der Waals surface area contributed by atoms with Gasteiger partial charge >= 0.3 is 0 Å². The first-order chi connectivity index (χ1) is 8.58. The van der Waals surface area contributed by atoms with Gasteiger partial charge in [0.2, 0.25) is 0 Å². The minimum absolute atomic E-state index is 0.112. The van der Waals surface area contributed by atoms with Crippen LogP contribution in [0.15, 0.2) is 35.7 Å². The van der Waals surface area contributed by atoms with Gasteiger partial charge in [0.25, 0.3) is 0 Å². The summed E-state index contributed by atoms with van der Waals surface area (Å²) in [6, 6.07) is 10.0. The Balaban J connectivity index is 2.25. The van der Waals surface area contributed by atoms with Crippen molar-refractivity contribution in [1.29, 1.82) is 0 Å². The topological polar surface area (TPSA) is 9.23 Å². The fraction of sp³-hybridized carbons (Fsp3) is 0.286. The van der Waals surface area contributed by atoms with Crippen LogP contribution in [-0.4, -0.2) is 6.10 Å². The summed E-state index contributed by atoms with van der Waals surface area (Å²) < 4.78 is 5.70. The van der Waals surface area contributed by atoms with Crippen LogP contribution >= 0.6 is 38.9 Å². The molecule has 0 N–H and O–H groups in total. The Labute approximate surface area is 125 Å². The van der Waals surface area contributed by atoms with Crippen LogP contribution in [0.1, 0.15) is 29.1 Å². The Bertz CT molecular complexity index is 524. The number of halogens is 2. The number of alkyl halides is 1. The average molecular weight is 346 g/mol. The third-order valence-corrected chi connectivity index (χ3v) is 5.11. The molecule has 1 unspecified atom stereocenters. The fourth-order valence-corrected chi connectivity index (χ4v) is 3.81. The van der Waals surface area contributed by atoms with Crippen LogP contribution < -0.4 is 4.74 Å². The van der Waals surface area contributed by atoms with E-state index in [-0.39, 0.29) is 10.9 Å². The lowest BCUT2D eigenvalue weighted by molar-refractivity contribution is 0.242. The number of hydrogen-bond donors (Lipinski definition) is 0. The molecular formula is C14H14BrClOS. The molecule has 18 heavy (non-hydrogen) atoms. The normalized spacial score (nSPS) is 12.7. The highest BCUT2D eigenvalue weighted by atomic mass is 79.9. The van der Waals surface area contributed by atoms with Crippen LogP contribution in [0, 0.1) is 0 Å². The molecule has 0 saturated heterocycles. The molecule has 0 aliphatic heterocycles. The molecule has 96 valence electrons. The first kappa shape index (κ1) is 13.9. The van der Waals surface area contributed by atoms with Crippen LogP contribution in [0.3, 0.4) is 0 Å². The van der Waals surface area contributed by atoms with E-state index in [9.17, 15) is 0 Å². The van der Waals surface area contributed by atoms with Crippen molar-refractivity contribution in [2.24, 2.45) is 0 Å². The molecule has 0 fully saturated rings. The Morgan fingerprint density at radius 1 is 1.28 bits per heavy atom. The number of thiophene rings is 1. The van der Waals surface area contributed by atoms with Gasteiger partial charge in [-0.25, -0.2) is 0 Å². The maximum absolute atomic E-state index is 6.16. The van der Waals surface area contributed by atoms with Crippen molar-refractivity contribution in [3.63, 3.8) is 0 Å². The molecule has 1 heterocycles. The Morgan fingerprint density at radius 2 is 2.06 bits per heavy atom. The molecule has 0 aliphatic carbocycles. The summed E-state index contributed by atoms with van der Waals surface area (Å²) in [4.78, 5) is 1.24. The predicted octanol–water partition coefficient (Wildman–Crippen LogP) is 5.67. The van der Waals surface area contributed by atoms with Crippen LogP contribution in [0.5, 0.6) is 5.75 Å². The number of hydrogen-bond acceptors (Lipinski definition) is 2. The van der Waals surface area contributed by atoms with Gasteiger partial charge in [0.15, 0.2) is 0 Å². The lowest BCUT2D eigenvalue weighted by atomic mass is 10.1. The molecule has 0 saturated carbocycles. The van der Waals surface area contributed by atoms with E-state index in [1.807, 2.05) is 37.4 Å². The van der Waals surface area contributed by atoms with Crippen LogP contribution in [0.25, 0.3) is 0 Å². The summed E-state index contributed by atoms with van der Waals surface area (Å²) in [5, 5.41) is 2.80. The molecular weight excluding hydrogens is 332 g/mol. The second kappa shape index (κ2) is 6.09. The van der Waals surface area contributed by atoms with E-state index in [2.05, 4.69) is 28.1 Å². The van der Waals surface area contributed by atoms with E-state index in [1.54, 1.807) is 11.3 Å². The predicted molar refractivity (Wildman–Crippen MR) is 82.3 cm³/mol. The van der Waals surface area contributed by atoms with E-state index >= 15 is 0 Å². The number of rotatable bonds is 4. The van der Waals surface area contributed by atoms with E-state index < -0.39 is 0 Å². The zero-order valence-corrected chi connectivity index (χ0v) is 13.3. The zero-order chi connectivity index (χ0) is 13.1. The summed E-state index contributed by atoms with van der Waals surface area (Å²) in [6.45, 7) is 4.04. The zero-order valence-electron chi connectivity index (χ0n) is 10.2. The molecule has 0 spiro atoms. The highest BCUT2D eigenvalue weighted by Gasteiger charge is 2.15. The standard InChI is InChI=1S/C14H14BrClOS/c1-9(2)17-11-5-3-4-10(8-11)13(15)14-12(16)6-7-18-14/h3-9,13H,1-2H3.